The van der Waals surface area contributed by atoms with Gasteiger partial charge in [0, 0.05) is 11.9 Å². The second kappa shape index (κ2) is 9.38. The highest BCUT2D eigenvalue weighted by atomic mass is 35.5. The first-order valence-electron chi connectivity index (χ1n) is 9.41. The molecule has 1 amide bonds. The van der Waals surface area contributed by atoms with Crippen LogP contribution in [0.15, 0.2) is 58.2 Å². The molecule has 0 atom stereocenters. The summed E-state index contributed by atoms with van der Waals surface area (Å²) in [4.78, 5) is 27.3. The molecule has 30 heavy (non-hydrogen) atoms. The Morgan fingerprint density at radius 3 is 2.43 bits per heavy atom. The Bertz CT molecular complexity index is 1240. The minimum Gasteiger partial charge on any atom is -0.272 e. The molecule has 0 fully saturated rings. The van der Waals surface area contributed by atoms with E-state index in [1.54, 1.807) is 30.3 Å². The number of halogens is 1. The van der Waals surface area contributed by atoms with Gasteiger partial charge in [0.25, 0.3) is 21.5 Å². The standard InChI is InChI=1S/C20H21ClN4O4S/c1-2-3-8-13-25-20(27)15-10-5-4-9-14(15)18(23-25)19(26)22-24-30(28,29)17-12-7-6-11-16(17)21/h4-7,9-12,24H,2-3,8,13H2,1H3,(H,22,26). The molecule has 0 saturated carbocycles. The lowest BCUT2D eigenvalue weighted by Crippen LogP contribution is -2.42. The van der Waals surface area contributed by atoms with E-state index in [2.05, 4.69) is 10.5 Å². The number of carbonyl (C=O) groups is 1. The Labute approximate surface area is 178 Å². The number of amides is 1. The zero-order valence-corrected chi connectivity index (χ0v) is 17.8. The van der Waals surface area contributed by atoms with Crippen LogP contribution >= 0.6 is 11.6 Å². The number of unbranched alkanes of at least 4 members (excludes halogenated alkanes) is 2. The Morgan fingerprint density at radius 1 is 1.07 bits per heavy atom. The van der Waals surface area contributed by atoms with Gasteiger partial charge in [-0.3, -0.25) is 15.0 Å². The summed E-state index contributed by atoms with van der Waals surface area (Å²) in [5.74, 6) is -0.786. The number of sulfonamides is 1. The van der Waals surface area contributed by atoms with Gasteiger partial charge >= 0.3 is 0 Å². The maximum Gasteiger partial charge on any atom is 0.287 e. The predicted octanol–water partition coefficient (Wildman–Crippen LogP) is 2.86. The van der Waals surface area contributed by atoms with Crippen LogP contribution in [0.25, 0.3) is 10.8 Å². The molecule has 8 nitrogen and oxygen atoms in total. The summed E-state index contributed by atoms with van der Waals surface area (Å²) >= 11 is 5.94. The molecule has 3 rings (SSSR count). The van der Waals surface area contributed by atoms with E-state index in [9.17, 15) is 18.0 Å². The van der Waals surface area contributed by atoms with Crippen molar-refractivity contribution in [1.29, 1.82) is 0 Å². The van der Waals surface area contributed by atoms with E-state index in [1.807, 2.05) is 11.8 Å². The molecule has 158 valence electrons. The molecule has 0 aliphatic rings. The third-order valence-electron chi connectivity index (χ3n) is 4.48. The first kappa shape index (κ1) is 21.9. The number of aromatic nitrogens is 2. The average Bonchev–Trinajstić information content (AvgIpc) is 2.74. The summed E-state index contributed by atoms with van der Waals surface area (Å²) in [7, 11) is -4.09. The van der Waals surface area contributed by atoms with Gasteiger partial charge in [0.1, 0.15) is 4.90 Å². The first-order valence-corrected chi connectivity index (χ1v) is 11.3. The largest absolute Gasteiger partial charge is 0.287 e. The van der Waals surface area contributed by atoms with Gasteiger partial charge in [0.05, 0.1) is 10.4 Å². The number of rotatable bonds is 8. The number of carbonyl (C=O) groups excluding carboxylic acids is 1. The predicted molar refractivity (Wildman–Crippen MR) is 115 cm³/mol. The van der Waals surface area contributed by atoms with Crippen LogP contribution in [0.4, 0.5) is 0 Å². The fourth-order valence-corrected chi connectivity index (χ4v) is 4.32. The molecule has 1 aromatic heterocycles. The molecule has 1 heterocycles. The molecule has 0 unspecified atom stereocenters. The molecule has 0 bridgehead atoms. The quantitative estimate of drug-likeness (QED) is 0.406. The third-order valence-corrected chi connectivity index (χ3v) is 6.23. The highest BCUT2D eigenvalue weighted by Gasteiger charge is 2.21. The van der Waals surface area contributed by atoms with Crippen molar-refractivity contribution in [3.63, 3.8) is 0 Å². The fourth-order valence-electron chi connectivity index (χ4n) is 2.96. The van der Waals surface area contributed by atoms with Gasteiger partial charge < -0.3 is 0 Å². The second-order valence-electron chi connectivity index (χ2n) is 6.62. The maximum absolute atomic E-state index is 12.8. The summed E-state index contributed by atoms with van der Waals surface area (Å²) in [6, 6.07) is 12.4. The smallest absolute Gasteiger partial charge is 0.272 e. The van der Waals surface area contributed by atoms with Gasteiger partial charge in [-0.15, -0.1) is 4.83 Å². The molecule has 10 heteroatoms. The van der Waals surface area contributed by atoms with Gasteiger partial charge in [-0.1, -0.05) is 61.7 Å². The minimum atomic E-state index is -4.09. The van der Waals surface area contributed by atoms with Crippen LogP contribution in [0.2, 0.25) is 5.02 Å². The molecule has 3 aromatic rings. The highest BCUT2D eigenvalue weighted by Crippen LogP contribution is 2.20. The SMILES string of the molecule is CCCCCn1nc(C(=O)NNS(=O)(=O)c2ccccc2Cl)c2ccccc2c1=O. The topological polar surface area (TPSA) is 110 Å². The molecular weight excluding hydrogens is 428 g/mol. The van der Waals surface area contributed by atoms with Crippen LogP contribution in [0.5, 0.6) is 0 Å². The Balaban J connectivity index is 1.91. The molecule has 0 aliphatic carbocycles. The van der Waals surface area contributed by atoms with Gasteiger partial charge in [-0.25, -0.2) is 13.1 Å². The van der Waals surface area contributed by atoms with E-state index in [4.69, 9.17) is 11.6 Å². The number of fused-ring (bicyclic) bond motifs is 1. The van der Waals surface area contributed by atoms with Crippen molar-refractivity contribution in [2.75, 3.05) is 0 Å². The summed E-state index contributed by atoms with van der Waals surface area (Å²) in [5, 5.41) is 4.89. The normalized spacial score (nSPS) is 11.5. The molecular formula is C20H21ClN4O4S. The average molecular weight is 449 g/mol. The molecule has 0 saturated heterocycles. The van der Waals surface area contributed by atoms with Crippen molar-refractivity contribution >= 4 is 38.3 Å². The molecule has 0 spiro atoms. The van der Waals surface area contributed by atoms with Gasteiger partial charge in [-0.05, 0) is 24.6 Å². The maximum atomic E-state index is 12.8. The lowest BCUT2D eigenvalue weighted by Gasteiger charge is -2.12. The molecule has 2 N–H and O–H groups in total. The Morgan fingerprint density at radius 2 is 1.73 bits per heavy atom. The first-order chi connectivity index (χ1) is 14.3. The highest BCUT2D eigenvalue weighted by molar-refractivity contribution is 7.89. The van der Waals surface area contributed by atoms with Crippen LogP contribution in [0, 0.1) is 0 Å². The number of nitrogens with one attached hydrogen (secondary N) is 2. The van der Waals surface area contributed by atoms with E-state index in [1.165, 1.54) is 22.9 Å². The van der Waals surface area contributed by atoms with E-state index < -0.39 is 15.9 Å². The van der Waals surface area contributed by atoms with Crippen LogP contribution in [0.1, 0.15) is 36.7 Å². The van der Waals surface area contributed by atoms with Gasteiger partial charge in [0.15, 0.2) is 5.69 Å². The van der Waals surface area contributed by atoms with E-state index in [0.717, 1.165) is 19.3 Å². The van der Waals surface area contributed by atoms with E-state index in [0.29, 0.717) is 17.3 Å². The van der Waals surface area contributed by atoms with Crippen LogP contribution in [0.3, 0.4) is 0 Å². The lowest BCUT2D eigenvalue weighted by atomic mass is 10.1. The summed E-state index contributed by atoms with van der Waals surface area (Å²) in [6.07, 6.45) is 2.63. The van der Waals surface area contributed by atoms with Crippen LogP contribution < -0.4 is 15.8 Å². The number of nitrogens with zero attached hydrogens (tertiary/aromatic N) is 2. The summed E-state index contributed by atoms with van der Waals surface area (Å²) in [6.45, 7) is 2.41. The summed E-state index contributed by atoms with van der Waals surface area (Å²) < 4.78 is 26.2. The lowest BCUT2D eigenvalue weighted by molar-refractivity contribution is 0.0939. The van der Waals surface area contributed by atoms with Crippen molar-refractivity contribution in [3.8, 4) is 0 Å². The molecule has 0 aliphatic heterocycles. The monoisotopic (exact) mass is 448 g/mol. The van der Waals surface area contributed by atoms with Gasteiger partial charge in [0.2, 0.25) is 0 Å². The van der Waals surface area contributed by atoms with Gasteiger partial charge in [-0.2, -0.15) is 5.10 Å². The van der Waals surface area contributed by atoms with E-state index in [-0.39, 0.29) is 21.2 Å². The van der Waals surface area contributed by atoms with Crippen LogP contribution in [-0.4, -0.2) is 24.1 Å². The number of hydrazine groups is 1. The van der Waals surface area contributed by atoms with E-state index >= 15 is 0 Å². The zero-order chi connectivity index (χ0) is 21.7. The third kappa shape index (κ3) is 4.69. The number of hydrogen-bond donors (Lipinski definition) is 2. The van der Waals surface area contributed by atoms with Crippen molar-refractivity contribution in [1.82, 2.24) is 20.0 Å². The second-order valence-corrected chi connectivity index (χ2v) is 8.68. The van der Waals surface area contributed by atoms with Crippen LogP contribution in [-0.2, 0) is 16.6 Å². The Kier molecular flexibility index (Phi) is 6.86. The van der Waals surface area contributed by atoms with Crippen molar-refractivity contribution < 1.29 is 13.2 Å². The summed E-state index contributed by atoms with van der Waals surface area (Å²) in [5.41, 5.74) is 1.81. The van der Waals surface area contributed by atoms with Crippen molar-refractivity contribution in [2.45, 2.75) is 37.6 Å². The zero-order valence-electron chi connectivity index (χ0n) is 16.3. The minimum absolute atomic E-state index is 0.0206. The fraction of sp³-hybridized carbons (Fsp3) is 0.250. The van der Waals surface area contributed by atoms with Crippen molar-refractivity contribution in [2.24, 2.45) is 0 Å². The molecule has 2 aromatic carbocycles. The number of benzene rings is 2. The Hall–Kier alpha value is -2.75. The number of aryl methyl sites for hydroxylation is 1. The van der Waals surface area contributed by atoms with Crippen molar-refractivity contribution in [3.05, 3.63) is 69.6 Å². The number of hydrogen-bond acceptors (Lipinski definition) is 5. The molecule has 0 radical (unpaired) electrons.